The molecule has 1 fully saturated rings. The van der Waals surface area contributed by atoms with E-state index in [9.17, 15) is 4.79 Å². The van der Waals surface area contributed by atoms with Gasteiger partial charge in [-0.15, -0.1) is 11.8 Å². The van der Waals surface area contributed by atoms with Crippen LogP contribution in [-0.2, 0) is 4.79 Å². The SMILES string of the molecule is COc1ccc(SCCC(=O)NCCC2CCNC2)cc1OC. The molecular formula is C17H26N2O3S. The second-order valence-corrected chi connectivity index (χ2v) is 6.78. The Morgan fingerprint density at radius 2 is 2.17 bits per heavy atom. The molecule has 1 aliphatic heterocycles. The molecule has 0 bridgehead atoms. The molecule has 1 unspecified atom stereocenters. The number of hydrogen-bond acceptors (Lipinski definition) is 5. The molecule has 128 valence electrons. The van der Waals surface area contributed by atoms with Gasteiger partial charge in [-0.3, -0.25) is 4.79 Å². The minimum Gasteiger partial charge on any atom is -0.493 e. The Bertz CT molecular complexity index is 505. The van der Waals surface area contributed by atoms with Crippen molar-refractivity contribution in [2.24, 2.45) is 5.92 Å². The lowest BCUT2D eigenvalue weighted by Gasteiger charge is -2.10. The zero-order valence-electron chi connectivity index (χ0n) is 13.9. The molecule has 2 N–H and O–H groups in total. The Morgan fingerprint density at radius 1 is 1.35 bits per heavy atom. The first-order chi connectivity index (χ1) is 11.2. The van der Waals surface area contributed by atoms with Crippen LogP contribution in [0, 0.1) is 5.92 Å². The fourth-order valence-electron chi connectivity index (χ4n) is 2.63. The lowest BCUT2D eigenvalue weighted by atomic mass is 10.1. The Labute approximate surface area is 142 Å². The van der Waals surface area contributed by atoms with Gasteiger partial charge in [0.2, 0.25) is 5.91 Å². The van der Waals surface area contributed by atoms with Crippen molar-refractivity contribution in [2.75, 3.05) is 39.6 Å². The quantitative estimate of drug-likeness (QED) is 0.677. The summed E-state index contributed by atoms with van der Waals surface area (Å²) >= 11 is 1.65. The first-order valence-electron chi connectivity index (χ1n) is 8.05. The zero-order valence-corrected chi connectivity index (χ0v) is 14.7. The molecule has 1 aromatic carbocycles. The summed E-state index contributed by atoms with van der Waals surface area (Å²) in [4.78, 5) is 12.9. The lowest BCUT2D eigenvalue weighted by Crippen LogP contribution is -2.26. The Hall–Kier alpha value is -1.40. The lowest BCUT2D eigenvalue weighted by molar-refractivity contribution is -0.120. The summed E-state index contributed by atoms with van der Waals surface area (Å²) in [5.41, 5.74) is 0. The summed E-state index contributed by atoms with van der Waals surface area (Å²) in [6.07, 6.45) is 2.83. The standard InChI is InChI=1S/C17H26N2O3S/c1-21-15-4-3-14(11-16(15)22-2)23-10-7-17(20)19-9-6-13-5-8-18-12-13/h3-4,11,13,18H,5-10,12H2,1-2H3,(H,19,20). The maximum absolute atomic E-state index is 11.8. The van der Waals surface area contributed by atoms with Gasteiger partial charge in [0.1, 0.15) is 0 Å². The van der Waals surface area contributed by atoms with Gasteiger partial charge < -0.3 is 20.1 Å². The van der Waals surface area contributed by atoms with Crippen molar-refractivity contribution in [3.63, 3.8) is 0 Å². The summed E-state index contributed by atoms with van der Waals surface area (Å²) in [6.45, 7) is 2.98. The second kappa shape index (κ2) is 9.67. The number of rotatable bonds is 9. The first-order valence-corrected chi connectivity index (χ1v) is 9.03. The maximum Gasteiger partial charge on any atom is 0.220 e. The number of carbonyl (C=O) groups is 1. The van der Waals surface area contributed by atoms with Crippen LogP contribution in [-0.4, -0.2) is 45.5 Å². The van der Waals surface area contributed by atoms with Crippen molar-refractivity contribution < 1.29 is 14.3 Å². The maximum atomic E-state index is 11.8. The van der Waals surface area contributed by atoms with Gasteiger partial charge in [-0.1, -0.05) is 0 Å². The third-order valence-electron chi connectivity index (χ3n) is 3.99. The van der Waals surface area contributed by atoms with Crippen molar-refractivity contribution in [2.45, 2.75) is 24.2 Å². The highest BCUT2D eigenvalue weighted by Crippen LogP contribution is 2.31. The number of hydrogen-bond donors (Lipinski definition) is 2. The van der Waals surface area contributed by atoms with E-state index in [1.807, 2.05) is 18.2 Å². The third-order valence-corrected chi connectivity index (χ3v) is 4.99. The molecule has 2 rings (SSSR count). The van der Waals surface area contributed by atoms with Gasteiger partial charge in [-0.2, -0.15) is 0 Å². The van der Waals surface area contributed by atoms with Crippen molar-refractivity contribution in [3.8, 4) is 11.5 Å². The molecule has 1 aliphatic rings. The van der Waals surface area contributed by atoms with Crippen LogP contribution in [0.2, 0.25) is 0 Å². The molecule has 0 aromatic heterocycles. The van der Waals surface area contributed by atoms with Crippen LogP contribution in [0.15, 0.2) is 23.1 Å². The summed E-state index contributed by atoms with van der Waals surface area (Å²) in [5, 5.41) is 6.36. The van der Waals surface area contributed by atoms with Crippen molar-refractivity contribution in [1.82, 2.24) is 10.6 Å². The van der Waals surface area contributed by atoms with Crippen LogP contribution in [0.5, 0.6) is 11.5 Å². The zero-order chi connectivity index (χ0) is 16.5. The Morgan fingerprint density at radius 3 is 2.87 bits per heavy atom. The first kappa shape index (κ1) is 17.9. The van der Waals surface area contributed by atoms with E-state index >= 15 is 0 Å². The van der Waals surface area contributed by atoms with Gasteiger partial charge in [-0.05, 0) is 50.0 Å². The number of nitrogens with one attached hydrogen (secondary N) is 2. The van der Waals surface area contributed by atoms with E-state index in [1.165, 1.54) is 6.42 Å². The molecule has 23 heavy (non-hydrogen) atoms. The normalized spacial score (nSPS) is 17.0. The summed E-state index contributed by atoms with van der Waals surface area (Å²) < 4.78 is 10.5. The third kappa shape index (κ3) is 5.95. The van der Waals surface area contributed by atoms with E-state index in [0.717, 1.165) is 48.4 Å². The van der Waals surface area contributed by atoms with E-state index in [4.69, 9.17) is 9.47 Å². The van der Waals surface area contributed by atoms with Crippen molar-refractivity contribution >= 4 is 17.7 Å². The van der Waals surface area contributed by atoms with Gasteiger partial charge >= 0.3 is 0 Å². The van der Waals surface area contributed by atoms with Crippen LogP contribution < -0.4 is 20.1 Å². The minimum atomic E-state index is 0.129. The Kier molecular flexibility index (Phi) is 7.55. The topological polar surface area (TPSA) is 59.6 Å². The number of ether oxygens (including phenoxy) is 2. The molecule has 1 atom stereocenters. The average Bonchev–Trinajstić information content (AvgIpc) is 3.08. The molecule has 6 heteroatoms. The number of carbonyl (C=O) groups excluding carboxylic acids is 1. The molecule has 1 heterocycles. The van der Waals surface area contributed by atoms with Gasteiger partial charge in [-0.25, -0.2) is 0 Å². The van der Waals surface area contributed by atoms with E-state index in [0.29, 0.717) is 12.2 Å². The van der Waals surface area contributed by atoms with Crippen LogP contribution in [0.1, 0.15) is 19.3 Å². The molecular weight excluding hydrogens is 312 g/mol. The van der Waals surface area contributed by atoms with Crippen LogP contribution in [0.25, 0.3) is 0 Å². The van der Waals surface area contributed by atoms with Gasteiger partial charge in [0.15, 0.2) is 11.5 Å². The highest BCUT2D eigenvalue weighted by molar-refractivity contribution is 7.99. The van der Waals surface area contributed by atoms with E-state index < -0.39 is 0 Å². The van der Waals surface area contributed by atoms with Gasteiger partial charge in [0.05, 0.1) is 14.2 Å². The van der Waals surface area contributed by atoms with Crippen molar-refractivity contribution in [1.29, 1.82) is 0 Å². The predicted octanol–water partition coefficient (Wildman–Crippen LogP) is 2.30. The molecule has 0 saturated carbocycles. The van der Waals surface area contributed by atoms with Gasteiger partial charge in [0, 0.05) is 23.6 Å². The summed E-state index contributed by atoms with van der Waals surface area (Å²) in [7, 11) is 3.25. The van der Waals surface area contributed by atoms with Crippen LogP contribution in [0.4, 0.5) is 0 Å². The number of amides is 1. The molecule has 0 spiro atoms. The van der Waals surface area contributed by atoms with E-state index in [-0.39, 0.29) is 5.91 Å². The molecule has 0 aliphatic carbocycles. The Balaban J connectivity index is 1.64. The predicted molar refractivity (Wildman–Crippen MR) is 93.5 cm³/mol. The number of benzene rings is 1. The molecule has 5 nitrogen and oxygen atoms in total. The van der Waals surface area contributed by atoms with E-state index in [2.05, 4.69) is 10.6 Å². The van der Waals surface area contributed by atoms with Crippen molar-refractivity contribution in [3.05, 3.63) is 18.2 Å². The van der Waals surface area contributed by atoms with E-state index in [1.54, 1.807) is 26.0 Å². The van der Waals surface area contributed by atoms with Crippen LogP contribution >= 0.6 is 11.8 Å². The molecule has 1 amide bonds. The highest BCUT2D eigenvalue weighted by atomic mass is 32.2. The molecule has 1 aromatic rings. The second-order valence-electron chi connectivity index (χ2n) is 5.61. The van der Waals surface area contributed by atoms with Gasteiger partial charge in [0.25, 0.3) is 0 Å². The smallest absolute Gasteiger partial charge is 0.220 e. The fraction of sp³-hybridized carbons (Fsp3) is 0.588. The minimum absolute atomic E-state index is 0.129. The molecule has 0 radical (unpaired) electrons. The van der Waals surface area contributed by atoms with Crippen LogP contribution in [0.3, 0.4) is 0 Å². The summed E-state index contributed by atoms with van der Waals surface area (Å²) in [5.74, 6) is 3.04. The fourth-order valence-corrected chi connectivity index (χ4v) is 3.51. The average molecular weight is 338 g/mol. The number of methoxy groups -OCH3 is 2. The molecule has 1 saturated heterocycles. The monoisotopic (exact) mass is 338 g/mol. The highest BCUT2D eigenvalue weighted by Gasteiger charge is 2.14. The summed E-state index contributed by atoms with van der Waals surface area (Å²) in [6, 6.07) is 5.81. The number of thioether (sulfide) groups is 1. The largest absolute Gasteiger partial charge is 0.493 e.